The monoisotopic (exact) mass is 334 g/mol. The van der Waals surface area contributed by atoms with E-state index in [0.29, 0.717) is 16.5 Å². The van der Waals surface area contributed by atoms with Gasteiger partial charge in [0.05, 0.1) is 16.8 Å². The van der Waals surface area contributed by atoms with E-state index in [9.17, 15) is 10.1 Å². The maximum Gasteiger partial charge on any atom is 0.196 e. The van der Waals surface area contributed by atoms with Gasteiger partial charge in [0.25, 0.3) is 0 Å². The topological polar surface area (TPSA) is 63.0 Å². The first-order chi connectivity index (χ1) is 10.5. The van der Waals surface area contributed by atoms with E-state index in [0.717, 1.165) is 0 Å². The Morgan fingerprint density at radius 1 is 1.27 bits per heavy atom. The molecule has 4 nitrogen and oxygen atoms in total. The van der Waals surface area contributed by atoms with Crippen LogP contribution in [0.3, 0.4) is 0 Å². The Hall–Kier alpha value is -2.09. The lowest BCUT2D eigenvalue weighted by Crippen LogP contribution is -2.29. The molecule has 1 aromatic heterocycles. The molecule has 0 saturated carbocycles. The van der Waals surface area contributed by atoms with Crippen molar-refractivity contribution in [2.75, 3.05) is 0 Å². The fourth-order valence-electron chi connectivity index (χ4n) is 1.88. The van der Waals surface area contributed by atoms with Crippen molar-refractivity contribution in [1.29, 1.82) is 5.26 Å². The second kappa shape index (κ2) is 7.26. The third-order valence-electron chi connectivity index (χ3n) is 3.02. The number of ketones is 1. The molecule has 0 spiro atoms. The number of aromatic nitrogens is 1. The summed E-state index contributed by atoms with van der Waals surface area (Å²) in [7, 11) is 0. The smallest absolute Gasteiger partial charge is 0.196 e. The number of carbonyl (C=O) groups is 1. The lowest BCUT2D eigenvalue weighted by Gasteiger charge is -2.17. The number of nitriles is 1. The normalized spacial score (nSPS) is 13.0. The van der Waals surface area contributed by atoms with E-state index in [2.05, 4.69) is 4.98 Å². The molecule has 112 valence electrons. The predicted octanol–water partition coefficient (Wildman–Crippen LogP) is 4.03. The fraction of sp³-hybridized carbons (Fsp3) is 0.188. The molecule has 1 heterocycles. The minimum atomic E-state index is -0.992. The van der Waals surface area contributed by atoms with E-state index in [1.807, 2.05) is 6.07 Å². The first-order valence-corrected chi connectivity index (χ1v) is 7.25. The van der Waals surface area contributed by atoms with Gasteiger partial charge in [0.15, 0.2) is 17.8 Å². The molecule has 0 saturated heterocycles. The number of rotatable bonds is 5. The lowest BCUT2D eigenvalue weighted by molar-refractivity contribution is -0.125. The van der Waals surface area contributed by atoms with Crippen molar-refractivity contribution >= 4 is 29.0 Å². The zero-order valence-corrected chi connectivity index (χ0v) is 13.2. The van der Waals surface area contributed by atoms with Gasteiger partial charge in [0.1, 0.15) is 10.8 Å². The van der Waals surface area contributed by atoms with Crippen molar-refractivity contribution in [1.82, 2.24) is 4.98 Å². The Balaban J connectivity index is 2.18. The molecule has 0 aliphatic carbocycles. The number of benzene rings is 1. The molecule has 0 bridgehead atoms. The summed E-state index contributed by atoms with van der Waals surface area (Å²) in [5.74, 6) is -1.08. The molecule has 2 atom stereocenters. The highest BCUT2D eigenvalue weighted by atomic mass is 35.5. The third kappa shape index (κ3) is 3.56. The molecule has 2 aromatic rings. The molecule has 0 amide bonds. The highest BCUT2D eigenvalue weighted by molar-refractivity contribution is 6.42. The van der Waals surface area contributed by atoms with Crippen molar-refractivity contribution in [2.24, 2.45) is 0 Å². The number of carbonyl (C=O) groups excluding carboxylic acids is 1. The van der Waals surface area contributed by atoms with Gasteiger partial charge in [-0.3, -0.25) is 9.78 Å². The Kier molecular flexibility index (Phi) is 5.37. The highest BCUT2D eigenvalue weighted by Crippen LogP contribution is 2.32. The maximum atomic E-state index is 12.4. The Morgan fingerprint density at radius 2 is 2.05 bits per heavy atom. The van der Waals surface area contributed by atoms with Crippen LogP contribution in [0.15, 0.2) is 42.6 Å². The van der Waals surface area contributed by atoms with Gasteiger partial charge in [-0.1, -0.05) is 35.3 Å². The molecule has 0 aliphatic rings. The summed E-state index contributed by atoms with van der Waals surface area (Å²) in [6.07, 6.45) is 0.675. The predicted molar refractivity (Wildman–Crippen MR) is 84.2 cm³/mol. The van der Waals surface area contributed by atoms with Gasteiger partial charge in [0, 0.05) is 6.20 Å². The molecule has 0 unspecified atom stereocenters. The van der Waals surface area contributed by atoms with Gasteiger partial charge in [-0.15, -0.1) is 0 Å². The summed E-state index contributed by atoms with van der Waals surface area (Å²) < 4.78 is 5.55. The Bertz CT molecular complexity index is 714. The number of ether oxygens (including phenoxy) is 1. The first-order valence-electron chi connectivity index (χ1n) is 6.49. The average Bonchev–Trinajstić information content (AvgIpc) is 2.53. The standard InChI is InChI=1S/C16H12Cl2N2O2/c1-10(22-14-7-4-5-12(17)15(14)18)16(21)11(9-19)13-6-2-3-8-20-13/h2-8,10-11H,1H3/t10-,11-/m0/s1. The van der Waals surface area contributed by atoms with Crippen LogP contribution in [0.5, 0.6) is 5.75 Å². The van der Waals surface area contributed by atoms with E-state index in [4.69, 9.17) is 27.9 Å². The summed E-state index contributed by atoms with van der Waals surface area (Å²) in [6, 6.07) is 11.9. The summed E-state index contributed by atoms with van der Waals surface area (Å²) >= 11 is 11.9. The molecule has 22 heavy (non-hydrogen) atoms. The number of hydrogen-bond acceptors (Lipinski definition) is 4. The van der Waals surface area contributed by atoms with Gasteiger partial charge in [-0.25, -0.2) is 0 Å². The number of pyridine rings is 1. The van der Waals surface area contributed by atoms with Crippen molar-refractivity contribution < 1.29 is 9.53 Å². The SMILES string of the molecule is C[C@H](Oc1cccc(Cl)c1Cl)C(=O)[C@@H](C#N)c1ccccn1. The van der Waals surface area contributed by atoms with Crippen LogP contribution in [0.4, 0.5) is 0 Å². The molecular formula is C16H12Cl2N2O2. The van der Waals surface area contributed by atoms with Crippen molar-refractivity contribution in [3.63, 3.8) is 0 Å². The van der Waals surface area contributed by atoms with Gasteiger partial charge < -0.3 is 4.74 Å². The average molecular weight is 335 g/mol. The van der Waals surface area contributed by atoms with Crippen LogP contribution in [0, 0.1) is 11.3 Å². The lowest BCUT2D eigenvalue weighted by atomic mass is 9.98. The zero-order valence-electron chi connectivity index (χ0n) is 11.7. The minimum absolute atomic E-state index is 0.232. The van der Waals surface area contributed by atoms with E-state index < -0.39 is 17.8 Å². The van der Waals surface area contributed by atoms with Crippen LogP contribution in [0.2, 0.25) is 10.0 Å². The molecule has 2 rings (SSSR count). The maximum absolute atomic E-state index is 12.4. The zero-order chi connectivity index (χ0) is 16.1. The van der Waals surface area contributed by atoms with Crippen molar-refractivity contribution in [3.05, 3.63) is 58.3 Å². The Labute approximate surface area is 138 Å². The van der Waals surface area contributed by atoms with Gasteiger partial charge in [-0.2, -0.15) is 5.26 Å². The molecule has 1 aromatic carbocycles. The second-order valence-corrected chi connectivity index (χ2v) is 5.32. The second-order valence-electron chi connectivity index (χ2n) is 4.53. The van der Waals surface area contributed by atoms with Gasteiger partial charge in [0.2, 0.25) is 0 Å². The van der Waals surface area contributed by atoms with E-state index in [1.165, 1.54) is 6.20 Å². The molecule has 0 radical (unpaired) electrons. The first kappa shape index (κ1) is 16.3. The van der Waals surface area contributed by atoms with Crippen LogP contribution in [0.1, 0.15) is 18.5 Å². The van der Waals surface area contributed by atoms with Crippen LogP contribution in [0.25, 0.3) is 0 Å². The van der Waals surface area contributed by atoms with Crippen LogP contribution in [-0.2, 0) is 4.79 Å². The molecule has 6 heteroatoms. The van der Waals surface area contributed by atoms with E-state index in [1.54, 1.807) is 43.3 Å². The highest BCUT2D eigenvalue weighted by Gasteiger charge is 2.28. The number of nitrogens with zero attached hydrogens (tertiary/aromatic N) is 2. The summed E-state index contributed by atoms with van der Waals surface area (Å²) in [5, 5.41) is 9.82. The van der Waals surface area contributed by atoms with E-state index >= 15 is 0 Å². The molecular weight excluding hydrogens is 323 g/mol. The summed E-state index contributed by atoms with van der Waals surface area (Å²) in [5.41, 5.74) is 0.391. The van der Waals surface area contributed by atoms with Crippen LogP contribution < -0.4 is 4.74 Å². The van der Waals surface area contributed by atoms with Crippen molar-refractivity contribution in [3.8, 4) is 11.8 Å². The number of Topliss-reactive ketones (excluding diaryl/α,β-unsaturated/α-hetero) is 1. The van der Waals surface area contributed by atoms with Crippen LogP contribution in [-0.4, -0.2) is 16.9 Å². The molecule has 0 fully saturated rings. The number of hydrogen-bond donors (Lipinski definition) is 0. The Morgan fingerprint density at radius 3 is 2.68 bits per heavy atom. The molecule has 0 aliphatic heterocycles. The van der Waals surface area contributed by atoms with Gasteiger partial charge >= 0.3 is 0 Å². The molecule has 0 N–H and O–H groups in total. The quantitative estimate of drug-likeness (QED) is 0.827. The number of halogens is 2. The van der Waals surface area contributed by atoms with Crippen LogP contribution >= 0.6 is 23.2 Å². The summed E-state index contributed by atoms with van der Waals surface area (Å²) in [6.45, 7) is 1.56. The largest absolute Gasteiger partial charge is 0.481 e. The third-order valence-corrected chi connectivity index (χ3v) is 3.82. The fourth-order valence-corrected chi connectivity index (χ4v) is 2.22. The summed E-state index contributed by atoms with van der Waals surface area (Å²) in [4.78, 5) is 16.5. The van der Waals surface area contributed by atoms with E-state index in [-0.39, 0.29) is 5.02 Å². The van der Waals surface area contributed by atoms with Gasteiger partial charge in [-0.05, 0) is 31.2 Å². The van der Waals surface area contributed by atoms with Crippen molar-refractivity contribution in [2.45, 2.75) is 18.9 Å². The minimum Gasteiger partial charge on any atom is -0.481 e.